The molecular formula is C12H9ClN2O3S2. The van der Waals surface area contributed by atoms with E-state index >= 15 is 0 Å². The van der Waals surface area contributed by atoms with Crippen LogP contribution in [0.4, 0.5) is 5.13 Å². The van der Waals surface area contributed by atoms with E-state index in [1.165, 1.54) is 35.2 Å². The van der Waals surface area contributed by atoms with Crippen molar-refractivity contribution in [3.05, 3.63) is 40.4 Å². The SMILES string of the molecule is O=C(CSc1ccc(Cl)c(C(=O)O)c1)Nc1nccs1. The van der Waals surface area contributed by atoms with Gasteiger partial charge in [0.15, 0.2) is 5.13 Å². The van der Waals surface area contributed by atoms with Crippen molar-refractivity contribution in [3.63, 3.8) is 0 Å². The molecule has 0 radical (unpaired) electrons. The van der Waals surface area contributed by atoms with Crippen molar-refractivity contribution in [2.24, 2.45) is 0 Å². The van der Waals surface area contributed by atoms with Crippen molar-refractivity contribution in [1.82, 2.24) is 4.98 Å². The summed E-state index contributed by atoms with van der Waals surface area (Å²) in [6.07, 6.45) is 1.60. The van der Waals surface area contributed by atoms with Crippen LogP contribution in [-0.2, 0) is 4.79 Å². The molecule has 0 aliphatic heterocycles. The van der Waals surface area contributed by atoms with Gasteiger partial charge in [0.1, 0.15) is 0 Å². The van der Waals surface area contributed by atoms with Crippen LogP contribution in [0.1, 0.15) is 10.4 Å². The highest BCUT2D eigenvalue weighted by atomic mass is 35.5. The molecule has 1 heterocycles. The predicted octanol–water partition coefficient (Wildman–Crippen LogP) is 3.23. The topological polar surface area (TPSA) is 79.3 Å². The van der Waals surface area contributed by atoms with E-state index in [2.05, 4.69) is 10.3 Å². The molecule has 1 aromatic carbocycles. The Hall–Kier alpha value is -1.57. The van der Waals surface area contributed by atoms with Gasteiger partial charge in [0.2, 0.25) is 5.91 Å². The van der Waals surface area contributed by atoms with Gasteiger partial charge in [-0.3, -0.25) is 4.79 Å². The number of carbonyl (C=O) groups is 2. The third-order valence-corrected chi connectivity index (χ3v) is 4.23. The summed E-state index contributed by atoms with van der Waals surface area (Å²) in [6, 6.07) is 4.63. The van der Waals surface area contributed by atoms with Crippen molar-refractivity contribution in [2.45, 2.75) is 4.90 Å². The fourth-order valence-corrected chi connectivity index (χ4v) is 2.83. The maximum atomic E-state index is 11.7. The minimum absolute atomic E-state index is 0.0250. The van der Waals surface area contributed by atoms with Gasteiger partial charge >= 0.3 is 5.97 Å². The average molecular weight is 329 g/mol. The normalized spacial score (nSPS) is 10.2. The minimum Gasteiger partial charge on any atom is -0.478 e. The Morgan fingerprint density at radius 2 is 2.25 bits per heavy atom. The van der Waals surface area contributed by atoms with Crippen LogP contribution in [0.3, 0.4) is 0 Å². The van der Waals surface area contributed by atoms with E-state index in [-0.39, 0.29) is 22.2 Å². The lowest BCUT2D eigenvalue weighted by atomic mass is 10.2. The van der Waals surface area contributed by atoms with Crippen molar-refractivity contribution in [3.8, 4) is 0 Å². The Labute approximate surface area is 128 Å². The smallest absolute Gasteiger partial charge is 0.337 e. The first-order chi connectivity index (χ1) is 9.56. The van der Waals surface area contributed by atoms with Crippen LogP contribution in [0, 0.1) is 0 Å². The Morgan fingerprint density at radius 3 is 2.90 bits per heavy atom. The van der Waals surface area contributed by atoms with Gasteiger partial charge in [-0.2, -0.15) is 0 Å². The number of halogens is 1. The van der Waals surface area contributed by atoms with Gasteiger partial charge in [0.25, 0.3) is 0 Å². The van der Waals surface area contributed by atoms with Gasteiger partial charge in [-0.05, 0) is 18.2 Å². The maximum absolute atomic E-state index is 11.7. The first-order valence-corrected chi connectivity index (χ1v) is 7.65. The number of aromatic carboxylic acids is 1. The number of carbonyl (C=O) groups excluding carboxylic acids is 1. The minimum atomic E-state index is -1.09. The number of benzene rings is 1. The Balaban J connectivity index is 1.95. The van der Waals surface area contributed by atoms with Gasteiger partial charge in [0.05, 0.1) is 16.3 Å². The van der Waals surface area contributed by atoms with Gasteiger partial charge in [-0.15, -0.1) is 23.1 Å². The lowest BCUT2D eigenvalue weighted by Gasteiger charge is -2.04. The van der Waals surface area contributed by atoms with Gasteiger partial charge in [-0.25, -0.2) is 9.78 Å². The zero-order valence-electron chi connectivity index (χ0n) is 10.00. The molecule has 8 heteroatoms. The summed E-state index contributed by atoms with van der Waals surface area (Å²) in [5.74, 6) is -1.12. The second-order valence-corrected chi connectivity index (χ2v) is 5.97. The number of thiazole rings is 1. The van der Waals surface area contributed by atoms with E-state index in [4.69, 9.17) is 16.7 Å². The molecule has 0 unspecified atom stereocenters. The van der Waals surface area contributed by atoms with E-state index in [9.17, 15) is 9.59 Å². The molecule has 0 aliphatic carbocycles. The zero-order valence-corrected chi connectivity index (χ0v) is 12.4. The van der Waals surface area contributed by atoms with E-state index < -0.39 is 5.97 Å². The van der Waals surface area contributed by atoms with Crippen LogP contribution in [-0.4, -0.2) is 27.7 Å². The van der Waals surface area contributed by atoms with Gasteiger partial charge in [0, 0.05) is 16.5 Å². The Bertz CT molecular complexity index is 632. The highest BCUT2D eigenvalue weighted by Gasteiger charge is 2.11. The number of nitrogens with zero attached hydrogens (tertiary/aromatic N) is 1. The van der Waals surface area contributed by atoms with E-state index in [1.54, 1.807) is 17.6 Å². The fourth-order valence-electron chi connectivity index (χ4n) is 1.35. The van der Waals surface area contributed by atoms with E-state index in [0.717, 1.165) is 0 Å². The van der Waals surface area contributed by atoms with Gasteiger partial charge < -0.3 is 10.4 Å². The Kier molecular flexibility index (Phi) is 4.99. The quantitative estimate of drug-likeness (QED) is 0.824. The summed E-state index contributed by atoms with van der Waals surface area (Å²) in [5.41, 5.74) is 0.0250. The summed E-state index contributed by atoms with van der Waals surface area (Å²) in [5, 5.41) is 14.1. The highest BCUT2D eigenvalue weighted by Crippen LogP contribution is 2.25. The molecule has 0 saturated heterocycles. The van der Waals surface area contributed by atoms with Crippen LogP contribution in [0.15, 0.2) is 34.7 Å². The third-order valence-electron chi connectivity index (χ3n) is 2.22. The second kappa shape index (κ2) is 6.74. The lowest BCUT2D eigenvalue weighted by Crippen LogP contribution is -2.13. The van der Waals surface area contributed by atoms with Crippen LogP contribution in [0.5, 0.6) is 0 Å². The van der Waals surface area contributed by atoms with E-state index in [0.29, 0.717) is 10.0 Å². The molecule has 0 saturated carbocycles. The molecule has 5 nitrogen and oxygen atoms in total. The summed E-state index contributed by atoms with van der Waals surface area (Å²) >= 11 is 8.34. The molecule has 20 heavy (non-hydrogen) atoms. The summed E-state index contributed by atoms with van der Waals surface area (Å²) in [6.45, 7) is 0. The summed E-state index contributed by atoms with van der Waals surface area (Å²) in [7, 11) is 0. The molecule has 1 aromatic heterocycles. The molecule has 2 aromatic rings. The number of amides is 1. The largest absolute Gasteiger partial charge is 0.478 e. The van der Waals surface area contributed by atoms with Gasteiger partial charge in [-0.1, -0.05) is 11.6 Å². The molecule has 2 rings (SSSR count). The number of hydrogen-bond acceptors (Lipinski definition) is 5. The zero-order chi connectivity index (χ0) is 14.5. The summed E-state index contributed by atoms with van der Waals surface area (Å²) < 4.78 is 0. The van der Waals surface area contributed by atoms with Crippen LogP contribution in [0.25, 0.3) is 0 Å². The van der Waals surface area contributed by atoms with Crippen molar-refractivity contribution < 1.29 is 14.7 Å². The van der Waals surface area contributed by atoms with E-state index in [1.807, 2.05) is 0 Å². The summed E-state index contributed by atoms with van der Waals surface area (Å²) in [4.78, 5) is 27.2. The molecule has 104 valence electrons. The average Bonchev–Trinajstić information content (AvgIpc) is 2.90. The number of nitrogens with one attached hydrogen (secondary N) is 1. The molecule has 0 bridgehead atoms. The first-order valence-electron chi connectivity index (χ1n) is 5.41. The number of carboxylic acid groups (broad SMARTS) is 1. The standard InChI is InChI=1S/C12H9ClN2O3S2/c13-9-2-1-7(5-8(9)11(17)18)20-6-10(16)15-12-14-3-4-19-12/h1-5H,6H2,(H,17,18)(H,14,15,16). The molecule has 0 atom stereocenters. The molecule has 1 amide bonds. The fraction of sp³-hybridized carbons (Fsp3) is 0.0833. The number of carboxylic acids is 1. The van der Waals surface area contributed by atoms with Crippen molar-refractivity contribution in [2.75, 3.05) is 11.1 Å². The van der Waals surface area contributed by atoms with Crippen LogP contribution < -0.4 is 5.32 Å². The second-order valence-electron chi connectivity index (χ2n) is 3.62. The molecular weight excluding hydrogens is 320 g/mol. The number of rotatable bonds is 5. The van der Waals surface area contributed by atoms with Crippen LogP contribution >= 0.6 is 34.7 Å². The lowest BCUT2D eigenvalue weighted by molar-refractivity contribution is -0.113. The number of thioether (sulfide) groups is 1. The van der Waals surface area contributed by atoms with Crippen molar-refractivity contribution in [1.29, 1.82) is 0 Å². The Morgan fingerprint density at radius 1 is 1.45 bits per heavy atom. The predicted molar refractivity (Wildman–Crippen MR) is 79.9 cm³/mol. The molecule has 0 fully saturated rings. The van der Waals surface area contributed by atoms with Crippen molar-refractivity contribution >= 4 is 51.7 Å². The monoisotopic (exact) mass is 328 g/mol. The third kappa shape index (κ3) is 3.96. The molecule has 0 spiro atoms. The number of aromatic nitrogens is 1. The maximum Gasteiger partial charge on any atom is 0.337 e. The number of hydrogen-bond donors (Lipinski definition) is 2. The number of anilines is 1. The first kappa shape index (κ1) is 14.8. The molecule has 0 aliphatic rings. The molecule has 2 N–H and O–H groups in total. The highest BCUT2D eigenvalue weighted by molar-refractivity contribution is 8.00. The van der Waals surface area contributed by atoms with Crippen LogP contribution in [0.2, 0.25) is 5.02 Å².